The Morgan fingerprint density at radius 2 is 1.48 bits per heavy atom. The average Bonchev–Trinajstić information content (AvgIpc) is 2.43. The van der Waals surface area contributed by atoms with Gasteiger partial charge in [-0.3, -0.25) is 9.59 Å². The highest BCUT2D eigenvalue weighted by Crippen LogP contribution is 2.40. The molecule has 0 fully saturated rings. The molecular weight excluding hydrogens is 320 g/mol. The van der Waals surface area contributed by atoms with Crippen LogP contribution < -0.4 is 0 Å². The maximum Gasteiger partial charge on any atom is 0.320 e. The van der Waals surface area contributed by atoms with Gasteiger partial charge in [0.2, 0.25) is 0 Å². The van der Waals surface area contributed by atoms with Crippen molar-refractivity contribution in [1.29, 1.82) is 0 Å². The number of esters is 1. The topological polar surface area (TPSA) is 83.8 Å². The molecule has 5 heteroatoms. The van der Waals surface area contributed by atoms with Crippen LogP contribution in [-0.2, 0) is 31.6 Å². The first-order chi connectivity index (χ1) is 11.3. The second kappa shape index (κ2) is 7.46. The number of benzene rings is 1. The second-order valence-corrected chi connectivity index (χ2v) is 8.39. The number of ether oxygens (including phenoxy) is 1. The zero-order chi connectivity index (χ0) is 19.6. The summed E-state index contributed by atoms with van der Waals surface area (Å²) >= 11 is 0. The fourth-order valence-electron chi connectivity index (χ4n) is 2.71. The minimum atomic E-state index is -1.26. The minimum absolute atomic E-state index is 0.0284. The van der Waals surface area contributed by atoms with Crippen molar-refractivity contribution in [2.24, 2.45) is 5.92 Å². The molecule has 25 heavy (non-hydrogen) atoms. The van der Waals surface area contributed by atoms with E-state index in [2.05, 4.69) is 0 Å². The van der Waals surface area contributed by atoms with Crippen LogP contribution in [0, 0.1) is 5.92 Å². The third-order valence-corrected chi connectivity index (χ3v) is 4.09. The van der Waals surface area contributed by atoms with Crippen LogP contribution in [0.1, 0.15) is 65.2 Å². The van der Waals surface area contributed by atoms with Gasteiger partial charge in [-0.05, 0) is 40.9 Å². The molecule has 0 radical (unpaired) electrons. The number of phenols is 1. The van der Waals surface area contributed by atoms with Crippen molar-refractivity contribution in [3.05, 3.63) is 28.8 Å². The lowest BCUT2D eigenvalue weighted by Crippen LogP contribution is -2.28. The molecule has 0 aliphatic heterocycles. The highest BCUT2D eigenvalue weighted by molar-refractivity contribution is 5.94. The standard InChI is InChI=1S/C20H30O5/c1-8-25-18(24)13(17(22)23)9-12-10-14(19(2,3)4)16(21)15(11-12)20(5,6)7/h10-11,13,21H,8-9H2,1-7H3,(H,22,23). The highest BCUT2D eigenvalue weighted by atomic mass is 16.5. The van der Waals surface area contributed by atoms with Gasteiger partial charge < -0.3 is 14.9 Å². The Bertz CT molecular complexity index is 612. The summed E-state index contributed by atoms with van der Waals surface area (Å²) in [6, 6.07) is 3.58. The van der Waals surface area contributed by atoms with E-state index in [4.69, 9.17) is 4.74 Å². The second-order valence-electron chi connectivity index (χ2n) is 8.39. The first-order valence-electron chi connectivity index (χ1n) is 8.55. The quantitative estimate of drug-likeness (QED) is 0.623. The number of aliphatic carboxylic acids is 1. The Labute approximate surface area is 150 Å². The van der Waals surface area contributed by atoms with Crippen molar-refractivity contribution in [3.8, 4) is 5.75 Å². The summed E-state index contributed by atoms with van der Waals surface area (Å²) in [5, 5.41) is 20.1. The molecule has 1 rings (SSSR count). The van der Waals surface area contributed by atoms with Crippen molar-refractivity contribution in [3.63, 3.8) is 0 Å². The van der Waals surface area contributed by atoms with Crippen LogP contribution in [0.15, 0.2) is 12.1 Å². The Balaban J connectivity index is 3.44. The van der Waals surface area contributed by atoms with Crippen molar-refractivity contribution in [2.45, 2.75) is 65.7 Å². The molecule has 2 N–H and O–H groups in total. The van der Waals surface area contributed by atoms with Crippen LogP contribution in [0.3, 0.4) is 0 Å². The van der Waals surface area contributed by atoms with E-state index < -0.39 is 17.9 Å². The van der Waals surface area contributed by atoms with E-state index in [0.717, 1.165) is 11.1 Å². The summed E-state index contributed by atoms with van der Waals surface area (Å²) in [6.45, 7) is 13.7. The maximum absolute atomic E-state index is 12.0. The van der Waals surface area contributed by atoms with Crippen molar-refractivity contribution in [2.75, 3.05) is 6.61 Å². The molecule has 1 atom stereocenters. The lowest BCUT2D eigenvalue weighted by molar-refractivity contribution is -0.158. The molecule has 1 aromatic carbocycles. The summed E-state index contributed by atoms with van der Waals surface area (Å²) in [4.78, 5) is 23.5. The number of carbonyl (C=O) groups is 2. The molecule has 5 nitrogen and oxygen atoms in total. The summed E-state index contributed by atoms with van der Waals surface area (Å²) in [5.41, 5.74) is 1.55. The third-order valence-electron chi connectivity index (χ3n) is 4.09. The molecule has 0 saturated carbocycles. The lowest BCUT2D eigenvalue weighted by Gasteiger charge is -2.28. The van der Waals surface area contributed by atoms with Gasteiger partial charge in [-0.25, -0.2) is 0 Å². The van der Waals surface area contributed by atoms with E-state index in [1.54, 1.807) is 19.1 Å². The molecule has 0 saturated heterocycles. The SMILES string of the molecule is CCOC(=O)C(Cc1cc(C(C)(C)C)c(O)c(C(C)(C)C)c1)C(=O)O. The van der Waals surface area contributed by atoms with Gasteiger partial charge >= 0.3 is 11.9 Å². The summed E-state index contributed by atoms with van der Waals surface area (Å²) in [6.07, 6.45) is 0.0284. The van der Waals surface area contributed by atoms with Crippen LogP contribution in [-0.4, -0.2) is 28.8 Å². The van der Waals surface area contributed by atoms with Gasteiger partial charge in [0.1, 0.15) is 5.75 Å². The number of carboxylic acid groups (broad SMARTS) is 1. The number of hydrogen-bond acceptors (Lipinski definition) is 4. The smallest absolute Gasteiger partial charge is 0.320 e. The van der Waals surface area contributed by atoms with Crippen LogP contribution in [0.4, 0.5) is 0 Å². The van der Waals surface area contributed by atoms with Crippen LogP contribution >= 0.6 is 0 Å². The molecule has 140 valence electrons. The molecule has 0 heterocycles. The first kappa shape index (κ1) is 21.0. The summed E-state index contributed by atoms with van der Waals surface area (Å²) in [5.74, 6) is -2.98. The Kier molecular flexibility index (Phi) is 6.27. The summed E-state index contributed by atoms with van der Waals surface area (Å²) in [7, 11) is 0. The number of carbonyl (C=O) groups excluding carboxylic acids is 1. The van der Waals surface area contributed by atoms with E-state index in [-0.39, 0.29) is 29.6 Å². The van der Waals surface area contributed by atoms with E-state index in [9.17, 15) is 19.8 Å². The van der Waals surface area contributed by atoms with Crippen molar-refractivity contribution >= 4 is 11.9 Å². The van der Waals surface area contributed by atoms with E-state index >= 15 is 0 Å². The van der Waals surface area contributed by atoms with E-state index in [0.29, 0.717) is 5.56 Å². The zero-order valence-corrected chi connectivity index (χ0v) is 16.3. The fourth-order valence-corrected chi connectivity index (χ4v) is 2.71. The van der Waals surface area contributed by atoms with Gasteiger partial charge in [-0.1, -0.05) is 53.7 Å². The Hall–Kier alpha value is -2.04. The lowest BCUT2D eigenvalue weighted by atomic mass is 9.77. The molecular formula is C20H30O5. The molecule has 0 amide bonds. The predicted molar refractivity (Wildman–Crippen MR) is 97.0 cm³/mol. The van der Waals surface area contributed by atoms with Crippen LogP contribution in [0.25, 0.3) is 0 Å². The molecule has 1 aromatic rings. The fraction of sp³-hybridized carbons (Fsp3) is 0.600. The monoisotopic (exact) mass is 350 g/mol. The molecule has 0 spiro atoms. The van der Waals surface area contributed by atoms with E-state index in [1.807, 2.05) is 41.5 Å². The van der Waals surface area contributed by atoms with Crippen molar-refractivity contribution in [1.82, 2.24) is 0 Å². The molecule has 1 unspecified atom stereocenters. The summed E-state index contributed by atoms with van der Waals surface area (Å²) < 4.78 is 4.89. The Morgan fingerprint density at radius 1 is 1.04 bits per heavy atom. The maximum atomic E-state index is 12.0. The van der Waals surface area contributed by atoms with Crippen LogP contribution in [0.2, 0.25) is 0 Å². The normalized spacial score (nSPS) is 13.4. The number of phenolic OH excluding ortho intramolecular Hbond substituents is 1. The largest absolute Gasteiger partial charge is 0.507 e. The number of aromatic hydroxyl groups is 1. The van der Waals surface area contributed by atoms with Gasteiger partial charge in [-0.2, -0.15) is 0 Å². The predicted octanol–water partition coefficient (Wildman–Crippen LogP) is 3.79. The van der Waals surface area contributed by atoms with Gasteiger partial charge in [0.15, 0.2) is 5.92 Å². The number of rotatable bonds is 5. The van der Waals surface area contributed by atoms with Gasteiger partial charge in [0.25, 0.3) is 0 Å². The van der Waals surface area contributed by atoms with E-state index in [1.165, 1.54) is 0 Å². The average molecular weight is 350 g/mol. The Morgan fingerprint density at radius 3 is 1.80 bits per heavy atom. The first-order valence-corrected chi connectivity index (χ1v) is 8.55. The van der Waals surface area contributed by atoms with Crippen molar-refractivity contribution < 1.29 is 24.5 Å². The molecule has 0 aromatic heterocycles. The highest BCUT2D eigenvalue weighted by Gasteiger charge is 2.31. The minimum Gasteiger partial charge on any atom is -0.507 e. The molecule has 0 aliphatic rings. The van der Waals surface area contributed by atoms with Gasteiger partial charge in [0.05, 0.1) is 6.61 Å². The molecule has 0 aliphatic carbocycles. The zero-order valence-electron chi connectivity index (χ0n) is 16.3. The van der Waals surface area contributed by atoms with Crippen LogP contribution in [0.5, 0.6) is 5.75 Å². The van der Waals surface area contributed by atoms with Gasteiger partial charge in [0, 0.05) is 0 Å². The third kappa shape index (κ3) is 5.21. The number of carboxylic acids is 1. The molecule has 0 bridgehead atoms. The van der Waals surface area contributed by atoms with Gasteiger partial charge in [-0.15, -0.1) is 0 Å². The number of hydrogen-bond donors (Lipinski definition) is 2.